The first-order chi connectivity index (χ1) is 17.8. The molecular weight excluding hydrogens is 456 g/mol. The van der Waals surface area contributed by atoms with E-state index in [1.807, 2.05) is 52.0 Å². The quantitative estimate of drug-likeness (QED) is 0.265. The van der Waals surface area contributed by atoms with Crippen molar-refractivity contribution in [1.29, 1.82) is 0 Å². The fraction of sp³-hybridized carbons (Fsp3) is 0.212. The van der Waals surface area contributed by atoms with Gasteiger partial charge in [-0.1, -0.05) is 100 Å². The van der Waals surface area contributed by atoms with E-state index < -0.39 is 5.41 Å². The first-order valence-corrected chi connectivity index (χ1v) is 12.8. The van der Waals surface area contributed by atoms with E-state index in [2.05, 4.69) is 83.4 Å². The van der Waals surface area contributed by atoms with Crippen molar-refractivity contribution in [3.63, 3.8) is 0 Å². The van der Waals surface area contributed by atoms with Crippen molar-refractivity contribution >= 4 is 23.2 Å². The SMILES string of the molecule is CC(C)C(=O)Nc1ccc(C2(c3ccc(NC(=O)C(C)C)cc3)c3ccccc3-c3ccccc32)cc1. The van der Waals surface area contributed by atoms with Gasteiger partial charge in [0, 0.05) is 23.2 Å². The predicted molar refractivity (Wildman–Crippen MR) is 151 cm³/mol. The van der Waals surface area contributed by atoms with E-state index in [0.717, 1.165) is 22.5 Å². The predicted octanol–water partition coefficient (Wildman–Crippen LogP) is 7.24. The number of benzene rings is 4. The van der Waals surface area contributed by atoms with Gasteiger partial charge in [-0.2, -0.15) is 0 Å². The Morgan fingerprint density at radius 1 is 0.541 bits per heavy atom. The Morgan fingerprint density at radius 3 is 1.24 bits per heavy atom. The van der Waals surface area contributed by atoms with Crippen LogP contribution in [-0.4, -0.2) is 11.8 Å². The molecule has 0 saturated heterocycles. The summed E-state index contributed by atoms with van der Waals surface area (Å²) in [5.74, 6) is -0.181. The van der Waals surface area contributed by atoms with Gasteiger partial charge >= 0.3 is 0 Å². The van der Waals surface area contributed by atoms with E-state index in [0.29, 0.717) is 0 Å². The first kappa shape index (κ1) is 24.5. The number of fused-ring (bicyclic) bond motifs is 3. The molecule has 4 aromatic carbocycles. The highest BCUT2D eigenvalue weighted by Gasteiger charge is 2.45. The number of hydrogen-bond donors (Lipinski definition) is 2. The summed E-state index contributed by atoms with van der Waals surface area (Å²) in [4.78, 5) is 24.5. The summed E-state index contributed by atoms with van der Waals surface area (Å²) < 4.78 is 0. The van der Waals surface area contributed by atoms with Crippen LogP contribution in [0.4, 0.5) is 11.4 Å². The summed E-state index contributed by atoms with van der Waals surface area (Å²) in [6.07, 6.45) is 0. The number of hydrogen-bond acceptors (Lipinski definition) is 2. The topological polar surface area (TPSA) is 58.2 Å². The van der Waals surface area contributed by atoms with Gasteiger partial charge in [-0.25, -0.2) is 0 Å². The van der Waals surface area contributed by atoms with E-state index in [4.69, 9.17) is 0 Å². The lowest BCUT2D eigenvalue weighted by atomic mass is 9.67. The minimum atomic E-state index is -0.533. The molecule has 0 spiro atoms. The molecule has 0 heterocycles. The third-order valence-corrected chi connectivity index (χ3v) is 7.17. The number of anilines is 2. The van der Waals surface area contributed by atoms with Crippen LogP contribution in [0, 0.1) is 11.8 Å². The second-order valence-electron chi connectivity index (χ2n) is 10.3. The van der Waals surface area contributed by atoms with Crippen molar-refractivity contribution in [1.82, 2.24) is 0 Å². The van der Waals surface area contributed by atoms with Crippen molar-refractivity contribution in [2.45, 2.75) is 33.1 Å². The van der Waals surface area contributed by atoms with Crippen LogP contribution in [0.2, 0.25) is 0 Å². The highest BCUT2D eigenvalue weighted by Crippen LogP contribution is 2.56. The van der Waals surface area contributed by atoms with Gasteiger partial charge < -0.3 is 10.6 Å². The number of nitrogens with one attached hydrogen (secondary N) is 2. The molecule has 2 amide bonds. The average molecular weight is 489 g/mol. The van der Waals surface area contributed by atoms with E-state index in [1.165, 1.54) is 22.3 Å². The molecule has 0 unspecified atom stereocenters. The van der Waals surface area contributed by atoms with Gasteiger partial charge in [-0.05, 0) is 57.6 Å². The normalized spacial score (nSPS) is 13.2. The van der Waals surface area contributed by atoms with Gasteiger partial charge in [-0.15, -0.1) is 0 Å². The van der Waals surface area contributed by atoms with Gasteiger partial charge in [0.05, 0.1) is 5.41 Å². The second-order valence-corrected chi connectivity index (χ2v) is 10.3. The molecule has 0 bridgehead atoms. The molecule has 0 atom stereocenters. The lowest BCUT2D eigenvalue weighted by Gasteiger charge is -2.34. The van der Waals surface area contributed by atoms with Crippen molar-refractivity contribution in [2.75, 3.05) is 10.6 Å². The largest absolute Gasteiger partial charge is 0.326 e. The first-order valence-electron chi connectivity index (χ1n) is 12.8. The van der Waals surface area contributed by atoms with Crippen molar-refractivity contribution in [3.8, 4) is 11.1 Å². The van der Waals surface area contributed by atoms with E-state index in [1.54, 1.807) is 0 Å². The zero-order valence-electron chi connectivity index (χ0n) is 21.7. The molecule has 2 N–H and O–H groups in total. The summed E-state index contributed by atoms with van der Waals surface area (Å²) >= 11 is 0. The number of carbonyl (C=O) groups excluding carboxylic acids is 2. The molecule has 0 saturated carbocycles. The number of amides is 2. The van der Waals surface area contributed by atoms with E-state index >= 15 is 0 Å². The lowest BCUT2D eigenvalue weighted by molar-refractivity contribution is -0.119. The van der Waals surface area contributed by atoms with Crippen LogP contribution in [0.15, 0.2) is 97.1 Å². The molecule has 4 nitrogen and oxygen atoms in total. The molecule has 0 aromatic heterocycles. The van der Waals surface area contributed by atoms with Crippen LogP contribution < -0.4 is 10.6 Å². The fourth-order valence-corrected chi connectivity index (χ4v) is 5.20. The van der Waals surface area contributed by atoms with E-state index in [9.17, 15) is 9.59 Å². The summed E-state index contributed by atoms with van der Waals surface area (Å²) in [6, 6.07) is 33.5. The van der Waals surface area contributed by atoms with Crippen LogP contribution in [0.3, 0.4) is 0 Å². The van der Waals surface area contributed by atoms with Crippen LogP contribution in [-0.2, 0) is 15.0 Å². The monoisotopic (exact) mass is 488 g/mol. The molecule has 4 heteroatoms. The molecule has 0 radical (unpaired) electrons. The average Bonchev–Trinajstić information content (AvgIpc) is 3.21. The Hall–Kier alpha value is -4.18. The minimum Gasteiger partial charge on any atom is -0.326 e. The van der Waals surface area contributed by atoms with Crippen LogP contribution in [0.25, 0.3) is 11.1 Å². The highest BCUT2D eigenvalue weighted by molar-refractivity contribution is 5.93. The molecule has 186 valence electrons. The molecule has 5 rings (SSSR count). The van der Waals surface area contributed by atoms with Gasteiger partial charge in [-0.3, -0.25) is 9.59 Å². The third kappa shape index (κ3) is 4.23. The zero-order valence-corrected chi connectivity index (χ0v) is 21.7. The summed E-state index contributed by atoms with van der Waals surface area (Å²) in [5, 5.41) is 6.01. The van der Waals surface area contributed by atoms with Crippen LogP contribution in [0.5, 0.6) is 0 Å². The molecule has 1 aliphatic carbocycles. The number of rotatable bonds is 6. The zero-order chi connectivity index (χ0) is 26.2. The Labute approximate surface area is 218 Å². The Kier molecular flexibility index (Phi) is 6.43. The van der Waals surface area contributed by atoms with Crippen LogP contribution >= 0.6 is 0 Å². The highest BCUT2D eigenvalue weighted by atomic mass is 16.2. The number of carbonyl (C=O) groups is 2. The Bertz CT molecular complexity index is 1340. The summed E-state index contributed by atoms with van der Waals surface area (Å²) in [7, 11) is 0. The molecule has 1 aliphatic rings. The van der Waals surface area contributed by atoms with Crippen LogP contribution in [0.1, 0.15) is 49.9 Å². The molecular formula is C33H32N2O2. The molecule has 4 aromatic rings. The Balaban J connectivity index is 1.68. The Morgan fingerprint density at radius 2 is 0.892 bits per heavy atom. The molecule has 0 fully saturated rings. The van der Waals surface area contributed by atoms with Gasteiger partial charge in [0.25, 0.3) is 0 Å². The fourth-order valence-electron chi connectivity index (χ4n) is 5.20. The third-order valence-electron chi connectivity index (χ3n) is 7.17. The standard InChI is InChI=1S/C33H32N2O2/c1-21(2)31(36)34-25-17-13-23(14-18-25)33(24-15-19-26(20-16-24)35-32(37)22(3)4)29-11-7-5-9-27(29)28-10-6-8-12-30(28)33/h5-22H,1-4H3,(H,34,36)(H,35,37). The lowest BCUT2D eigenvalue weighted by Crippen LogP contribution is -2.28. The summed E-state index contributed by atoms with van der Waals surface area (Å²) in [5.41, 5.74) is 8.13. The molecule has 37 heavy (non-hydrogen) atoms. The molecule has 0 aliphatic heterocycles. The van der Waals surface area contributed by atoms with Crippen molar-refractivity contribution < 1.29 is 9.59 Å². The minimum absolute atomic E-state index is 0.00180. The van der Waals surface area contributed by atoms with Gasteiger partial charge in [0.1, 0.15) is 0 Å². The maximum Gasteiger partial charge on any atom is 0.226 e. The summed E-state index contributed by atoms with van der Waals surface area (Å²) in [6.45, 7) is 7.55. The van der Waals surface area contributed by atoms with Gasteiger partial charge in [0.2, 0.25) is 11.8 Å². The van der Waals surface area contributed by atoms with E-state index in [-0.39, 0.29) is 23.7 Å². The maximum absolute atomic E-state index is 12.3. The van der Waals surface area contributed by atoms with Crippen molar-refractivity contribution in [3.05, 3.63) is 119 Å². The maximum atomic E-state index is 12.3. The smallest absolute Gasteiger partial charge is 0.226 e. The van der Waals surface area contributed by atoms with Crippen molar-refractivity contribution in [2.24, 2.45) is 11.8 Å². The van der Waals surface area contributed by atoms with Gasteiger partial charge in [0.15, 0.2) is 0 Å². The second kappa shape index (κ2) is 9.70.